The fraction of sp³-hybridized carbons (Fsp3) is 0.538. The zero-order valence-corrected chi connectivity index (χ0v) is 11.2. The van der Waals surface area contributed by atoms with Crippen molar-refractivity contribution in [1.29, 1.82) is 0 Å². The lowest BCUT2D eigenvalue weighted by atomic mass is 10.0. The van der Waals surface area contributed by atoms with Gasteiger partial charge in [0.25, 0.3) is 0 Å². The molecule has 0 aliphatic carbocycles. The van der Waals surface area contributed by atoms with Crippen molar-refractivity contribution in [2.45, 2.75) is 32.2 Å². The fourth-order valence-corrected chi connectivity index (χ4v) is 1.54. The summed E-state index contributed by atoms with van der Waals surface area (Å²) < 4.78 is 10.1. The number of rotatable bonds is 6. The molecule has 1 aromatic carbocycles. The average Bonchev–Trinajstić information content (AvgIpc) is 2.37. The van der Waals surface area contributed by atoms with Crippen molar-refractivity contribution in [2.75, 3.05) is 13.7 Å². The fourth-order valence-electron chi connectivity index (χ4n) is 1.54. The molecule has 4 N–H and O–H groups in total. The monoisotopic (exact) mass is 272 g/mol. The maximum atomic E-state index is 9.96. The standard InChI is InChI=1S/C13H20O6/c1-7(2)19-6-10(15)12(16)8-4-9(14)13(17)11(5-8)18-3/h4-5,7,10,12,14-17H,6H2,1-3H3. The normalized spacial score (nSPS) is 14.4. The van der Waals surface area contributed by atoms with E-state index in [-0.39, 0.29) is 24.0 Å². The van der Waals surface area contributed by atoms with E-state index >= 15 is 0 Å². The van der Waals surface area contributed by atoms with Gasteiger partial charge in [0.15, 0.2) is 11.5 Å². The van der Waals surface area contributed by atoms with Gasteiger partial charge in [0.1, 0.15) is 12.2 Å². The number of phenolic OH excluding ortho intramolecular Hbond substituents is 2. The molecule has 0 bridgehead atoms. The molecular formula is C13H20O6. The summed E-state index contributed by atoms with van der Waals surface area (Å²) in [6.07, 6.45) is -2.46. The second-order valence-corrected chi connectivity index (χ2v) is 4.49. The summed E-state index contributed by atoms with van der Waals surface area (Å²) in [4.78, 5) is 0. The Morgan fingerprint density at radius 1 is 1.16 bits per heavy atom. The smallest absolute Gasteiger partial charge is 0.200 e. The van der Waals surface area contributed by atoms with E-state index in [2.05, 4.69) is 0 Å². The van der Waals surface area contributed by atoms with Gasteiger partial charge in [-0.3, -0.25) is 0 Å². The number of aliphatic hydroxyl groups excluding tert-OH is 2. The number of hydrogen-bond donors (Lipinski definition) is 4. The van der Waals surface area contributed by atoms with Crippen LogP contribution in [0.4, 0.5) is 0 Å². The molecule has 2 atom stereocenters. The number of phenols is 2. The van der Waals surface area contributed by atoms with Gasteiger partial charge in [0, 0.05) is 0 Å². The molecule has 0 aliphatic rings. The first-order chi connectivity index (χ1) is 8.86. The Morgan fingerprint density at radius 2 is 1.79 bits per heavy atom. The van der Waals surface area contributed by atoms with E-state index in [1.54, 1.807) is 0 Å². The Balaban J connectivity index is 2.87. The van der Waals surface area contributed by atoms with E-state index in [1.165, 1.54) is 19.2 Å². The predicted molar refractivity (Wildman–Crippen MR) is 68.4 cm³/mol. The Hall–Kier alpha value is -1.50. The molecule has 0 saturated heterocycles. The minimum atomic E-state index is -1.25. The summed E-state index contributed by atoms with van der Waals surface area (Å²) in [7, 11) is 1.32. The number of aliphatic hydroxyl groups is 2. The molecule has 0 aromatic heterocycles. The van der Waals surface area contributed by atoms with Crippen LogP contribution in [0.25, 0.3) is 0 Å². The molecule has 6 nitrogen and oxygen atoms in total. The van der Waals surface area contributed by atoms with Crippen molar-refractivity contribution < 1.29 is 29.9 Å². The molecule has 0 radical (unpaired) electrons. The highest BCUT2D eigenvalue weighted by atomic mass is 16.5. The van der Waals surface area contributed by atoms with E-state index < -0.39 is 23.7 Å². The molecule has 6 heteroatoms. The van der Waals surface area contributed by atoms with Crippen molar-refractivity contribution >= 4 is 0 Å². The summed E-state index contributed by atoms with van der Waals surface area (Å²) in [5.41, 5.74) is 0.229. The molecule has 0 amide bonds. The Kier molecular flexibility index (Phi) is 5.41. The first-order valence-electron chi connectivity index (χ1n) is 5.94. The maximum Gasteiger partial charge on any atom is 0.200 e. The topological polar surface area (TPSA) is 99.4 Å². The summed E-state index contributed by atoms with van der Waals surface area (Å²) in [6.45, 7) is 3.59. The van der Waals surface area contributed by atoms with Crippen LogP contribution < -0.4 is 4.74 Å². The SMILES string of the molecule is COc1cc(C(O)C(O)COC(C)C)cc(O)c1O. The second kappa shape index (κ2) is 6.60. The van der Waals surface area contributed by atoms with Gasteiger partial charge in [-0.05, 0) is 31.5 Å². The Labute approximate surface area is 111 Å². The van der Waals surface area contributed by atoms with Crippen molar-refractivity contribution in [3.63, 3.8) is 0 Å². The van der Waals surface area contributed by atoms with E-state index in [4.69, 9.17) is 9.47 Å². The molecule has 1 rings (SSSR count). The van der Waals surface area contributed by atoms with Crippen LogP contribution in [0.3, 0.4) is 0 Å². The van der Waals surface area contributed by atoms with Crippen LogP contribution in [-0.4, -0.2) is 46.4 Å². The number of ether oxygens (including phenoxy) is 2. The average molecular weight is 272 g/mol. The molecule has 0 spiro atoms. The van der Waals surface area contributed by atoms with Crippen LogP contribution in [0, 0.1) is 0 Å². The highest BCUT2D eigenvalue weighted by Crippen LogP contribution is 2.38. The van der Waals surface area contributed by atoms with Crippen LogP contribution in [0.15, 0.2) is 12.1 Å². The third-order valence-corrected chi connectivity index (χ3v) is 2.60. The zero-order valence-electron chi connectivity index (χ0n) is 11.2. The van der Waals surface area contributed by atoms with Crippen LogP contribution in [0.2, 0.25) is 0 Å². The lowest BCUT2D eigenvalue weighted by Gasteiger charge is -2.20. The van der Waals surface area contributed by atoms with Crippen molar-refractivity contribution in [3.8, 4) is 17.2 Å². The predicted octanol–water partition coefficient (Wildman–Crippen LogP) is 0.926. The molecule has 1 aromatic rings. The van der Waals surface area contributed by atoms with E-state index in [1.807, 2.05) is 13.8 Å². The maximum absolute atomic E-state index is 9.96. The lowest BCUT2D eigenvalue weighted by molar-refractivity contribution is -0.0543. The van der Waals surface area contributed by atoms with Gasteiger partial charge in [-0.2, -0.15) is 0 Å². The molecule has 0 aliphatic heterocycles. The van der Waals surface area contributed by atoms with E-state index in [0.29, 0.717) is 0 Å². The lowest BCUT2D eigenvalue weighted by Crippen LogP contribution is -2.25. The highest BCUT2D eigenvalue weighted by Gasteiger charge is 2.22. The van der Waals surface area contributed by atoms with Crippen molar-refractivity contribution in [2.24, 2.45) is 0 Å². The summed E-state index contributed by atoms with van der Waals surface area (Å²) in [5, 5.41) is 38.7. The summed E-state index contributed by atoms with van der Waals surface area (Å²) >= 11 is 0. The van der Waals surface area contributed by atoms with Gasteiger partial charge in [-0.1, -0.05) is 0 Å². The van der Waals surface area contributed by atoms with Crippen LogP contribution in [-0.2, 0) is 4.74 Å². The van der Waals surface area contributed by atoms with Gasteiger partial charge in [-0.15, -0.1) is 0 Å². The number of benzene rings is 1. The first-order valence-corrected chi connectivity index (χ1v) is 5.94. The first kappa shape index (κ1) is 15.6. The van der Waals surface area contributed by atoms with Crippen molar-refractivity contribution in [1.82, 2.24) is 0 Å². The quantitative estimate of drug-likeness (QED) is 0.575. The summed E-state index contributed by atoms with van der Waals surface area (Å²) in [5.74, 6) is -0.817. The number of hydrogen-bond acceptors (Lipinski definition) is 6. The minimum absolute atomic E-state index is 0.0195. The third-order valence-electron chi connectivity index (χ3n) is 2.60. The minimum Gasteiger partial charge on any atom is -0.504 e. The van der Waals surface area contributed by atoms with E-state index in [0.717, 1.165) is 0 Å². The molecular weight excluding hydrogens is 252 g/mol. The number of methoxy groups -OCH3 is 1. The second-order valence-electron chi connectivity index (χ2n) is 4.49. The van der Waals surface area contributed by atoms with Gasteiger partial charge >= 0.3 is 0 Å². The highest BCUT2D eigenvalue weighted by molar-refractivity contribution is 5.52. The molecule has 0 saturated carbocycles. The van der Waals surface area contributed by atoms with Gasteiger partial charge in [-0.25, -0.2) is 0 Å². The third kappa shape index (κ3) is 3.99. The summed E-state index contributed by atoms with van der Waals surface area (Å²) in [6, 6.07) is 2.51. The Bertz CT molecular complexity index is 418. The Morgan fingerprint density at radius 3 is 2.32 bits per heavy atom. The van der Waals surface area contributed by atoms with Gasteiger partial charge < -0.3 is 29.9 Å². The molecule has 2 unspecified atom stereocenters. The van der Waals surface area contributed by atoms with Crippen LogP contribution in [0.5, 0.6) is 17.2 Å². The van der Waals surface area contributed by atoms with Crippen molar-refractivity contribution in [3.05, 3.63) is 17.7 Å². The largest absolute Gasteiger partial charge is 0.504 e. The molecule has 108 valence electrons. The van der Waals surface area contributed by atoms with E-state index in [9.17, 15) is 20.4 Å². The molecule has 0 heterocycles. The zero-order chi connectivity index (χ0) is 14.6. The van der Waals surface area contributed by atoms with Gasteiger partial charge in [0.2, 0.25) is 5.75 Å². The number of aromatic hydroxyl groups is 2. The van der Waals surface area contributed by atoms with Crippen LogP contribution >= 0.6 is 0 Å². The van der Waals surface area contributed by atoms with Gasteiger partial charge in [0.05, 0.1) is 19.8 Å². The van der Waals surface area contributed by atoms with Crippen LogP contribution in [0.1, 0.15) is 25.5 Å². The molecule has 19 heavy (non-hydrogen) atoms. The molecule has 0 fully saturated rings.